The maximum absolute atomic E-state index is 12.4. The van der Waals surface area contributed by atoms with Crippen LogP contribution in [0.3, 0.4) is 0 Å². The second-order valence-corrected chi connectivity index (χ2v) is 8.44. The van der Waals surface area contributed by atoms with E-state index in [-0.39, 0.29) is 5.92 Å². The van der Waals surface area contributed by atoms with Gasteiger partial charge in [0.2, 0.25) is 17.6 Å². The number of likely N-dealkylation sites (tertiary alicyclic amines) is 1. The van der Waals surface area contributed by atoms with Crippen LogP contribution in [0.5, 0.6) is 0 Å². The minimum Gasteiger partial charge on any atom is -0.353 e. The average Bonchev–Trinajstić information content (AvgIpc) is 3.25. The van der Waals surface area contributed by atoms with E-state index in [9.17, 15) is 4.79 Å². The van der Waals surface area contributed by atoms with E-state index in [1.165, 1.54) is 19.3 Å². The number of carbonyl (C=O) groups excluding carboxylic acids is 1. The summed E-state index contributed by atoms with van der Waals surface area (Å²) in [6.45, 7) is 3.13. The first-order valence-corrected chi connectivity index (χ1v) is 11.2. The molecule has 1 N–H and O–H groups in total. The number of carbonyl (C=O) groups is 1. The highest BCUT2D eigenvalue weighted by Crippen LogP contribution is 2.24. The van der Waals surface area contributed by atoms with Gasteiger partial charge in [0.05, 0.1) is 0 Å². The molecule has 1 aliphatic carbocycles. The van der Waals surface area contributed by atoms with Crippen LogP contribution in [0.15, 0.2) is 34.9 Å². The number of piperidine rings is 1. The van der Waals surface area contributed by atoms with E-state index < -0.39 is 0 Å². The number of nitrogens with zero attached hydrogens (tertiary/aromatic N) is 3. The van der Waals surface area contributed by atoms with Crippen LogP contribution in [0.1, 0.15) is 57.3 Å². The Kier molecular flexibility index (Phi) is 6.93. The highest BCUT2D eigenvalue weighted by Gasteiger charge is 2.25. The smallest absolute Gasteiger partial charge is 0.227 e. The maximum Gasteiger partial charge on any atom is 0.227 e. The van der Waals surface area contributed by atoms with Crippen molar-refractivity contribution in [3.05, 3.63) is 36.2 Å². The lowest BCUT2D eigenvalue weighted by Crippen LogP contribution is -2.46. The van der Waals surface area contributed by atoms with Gasteiger partial charge in [-0.2, -0.15) is 4.98 Å². The largest absolute Gasteiger partial charge is 0.353 e. The van der Waals surface area contributed by atoms with Gasteiger partial charge >= 0.3 is 0 Å². The summed E-state index contributed by atoms with van der Waals surface area (Å²) >= 11 is 0. The van der Waals surface area contributed by atoms with Crippen LogP contribution in [-0.2, 0) is 11.2 Å². The Morgan fingerprint density at radius 2 is 1.83 bits per heavy atom. The standard InChI is InChI=1S/C23H32N4O2/c28-23(19-10-5-2-6-11-19)24-20-13-16-27(17-14-20)15-7-12-21-25-22(26-29-21)18-8-3-1-4-9-18/h1,3-4,8-9,19-20H,2,5-7,10-17H2,(H,24,28). The van der Waals surface area contributed by atoms with Gasteiger partial charge in [0, 0.05) is 37.0 Å². The Morgan fingerprint density at radius 3 is 2.59 bits per heavy atom. The lowest BCUT2D eigenvalue weighted by molar-refractivity contribution is -0.127. The Morgan fingerprint density at radius 1 is 1.07 bits per heavy atom. The molecular formula is C23H32N4O2. The first-order valence-electron chi connectivity index (χ1n) is 11.2. The number of amides is 1. The van der Waals surface area contributed by atoms with Crippen LogP contribution in [0, 0.1) is 5.92 Å². The van der Waals surface area contributed by atoms with Crippen LogP contribution < -0.4 is 5.32 Å². The Hall–Kier alpha value is -2.21. The SMILES string of the molecule is O=C(NC1CCN(CCCc2nc(-c3ccccc3)no2)CC1)C1CCCCC1. The van der Waals surface area contributed by atoms with Crippen LogP contribution in [0.4, 0.5) is 0 Å². The molecule has 1 saturated heterocycles. The quantitative estimate of drug-likeness (QED) is 0.770. The Labute approximate surface area is 173 Å². The van der Waals surface area contributed by atoms with E-state index in [0.29, 0.717) is 23.7 Å². The highest BCUT2D eigenvalue weighted by molar-refractivity contribution is 5.79. The van der Waals surface area contributed by atoms with Gasteiger partial charge in [-0.05, 0) is 38.6 Å². The number of nitrogens with one attached hydrogen (secondary N) is 1. The van der Waals surface area contributed by atoms with Gasteiger partial charge in [0.15, 0.2) is 0 Å². The number of hydrogen-bond donors (Lipinski definition) is 1. The van der Waals surface area contributed by atoms with Crippen LogP contribution >= 0.6 is 0 Å². The van der Waals surface area contributed by atoms with E-state index >= 15 is 0 Å². The van der Waals surface area contributed by atoms with E-state index in [4.69, 9.17) is 4.52 Å². The van der Waals surface area contributed by atoms with E-state index in [2.05, 4.69) is 20.4 Å². The predicted molar refractivity (Wildman–Crippen MR) is 112 cm³/mol. The van der Waals surface area contributed by atoms with Crippen LogP contribution in [-0.4, -0.2) is 46.6 Å². The molecule has 0 atom stereocenters. The molecule has 1 aromatic heterocycles. The second kappa shape index (κ2) is 10.0. The van der Waals surface area contributed by atoms with Gasteiger partial charge in [-0.25, -0.2) is 0 Å². The van der Waals surface area contributed by atoms with Gasteiger partial charge in [-0.3, -0.25) is 4.79 Å². The first-order chi connectivity index (χ1) is 14.3. The molecule has 6 nitrogen and oxygen atoms in total. The summed E-state index contributed by atoms with van der Waals surface area (Å²) in [7, 11) is 0. The molecule has 2 fully saturated rings. The number of benzene rings is 1. The molecule has 1 amide bonds. The second-order valence-electron chi connectivity index (χ2n) is 8.44. The fourth-order valence-corrected chi connectivity index (χ4v) is 4.50. The molecule has 0 spiro atoms. The molecule has 4 rings (SSSR count). The normalized spacial score (nSPS) is 19.3. The van der Waals surface area contributed by atoms with Crippen molar-refractivity contribution in [1.82, 2.24) is 20.4 Å². The summed E-state index contributed by atoms with van der Waals surface area (Å²) in [5, 5.41) is 7.40. The zero-order valence-electron chi connectivity index (χ0n) is 17.2. The van der Waals surface area contributed by atoms with Gasteiger partial charge in [-0.1, -0.05) is 54.8 Å². The first kappa shape index (κ1) is 20.1. The lowest BCUT2D eigenvalue weighted by Gasteiger charge is -2.33. The van der Waals surface area contributed by atoms with E-state index in [0.717, 1.165) is 63.7 Å². The molecule has 2 heterocycles. The maximum atomic E-state index is 12.4. The minimum absolute atomic E-state index is 0.261. The lowest BCUT2D eigenvalue weighted by atomic mass is 9.88. The van der Waals surface area contributed by atoms with Gasteiger partial charge in [0.25, 0.3) is 0 Å². The molecule has 0 bridgehead atoms. The monoisotopic (exact) mass is 396 g/mol. The van der Waals surface area contributed by atoms with Crippen molar-refractivity contribution in [2.75, 3.05) is 19.6 Å². The fourth-order valence-electron chi connectivity index (χ4n) is 4.50. The molecule has 1 aliphatic heterocycles. The zero-order valence-corrected chi connectivity index (χ0v) is 17.2. The number of aromatic nitrogens is 2. The van der Waals surface area contributed by atoms with Crippen molar-refractivity contribution in [3.8, 4) is 11.4 Å². The van der Waals surface area contributed by atoms with Crippen molar-refractivity contribution in [1.29, 1.82) is 0 Å². The van der Waals surface area contributed by atoms with Gasteiger partial charge in [0.1, 0.15) is 0 Å². The summed E-state index contributed by atoms with van der Waals surface area (Å²) in [4.78, 5) is 19.4. The molecule has 1 aromatic carbocycles. The number of rotatable bonds is 7. The number of hydrogen-bond acceptors (Lipinski definition) is 5. The summed E-state index contributed by atoms with van der Waals surface area (Å²) in [5.41, 5.74) is 0.986. The van der Waals surface area contributed by atoms with Crippen molar-refractivity contribution in [2.45, 2.75) is 63.8 Å². The molecule has 156 valence electrons. The third-order valence-electron chi connectivity index (χ3n) is 6.27. The average molecular weight is 397 g/mol. The summed E-state index contributed by atoms with van der Waals surface area (Å²) in [6, 6.07) is 10.3. The van der Waals surface area contributed by atoms with E-state index in [1.54, 1.807) is 0 Å². The third kappa shape index (κ3) is 5.66. The van der Waals surface area contributed by atoms with Gasteiger partial charge < -0.3 is 14.7 Å². The summed E-state index contributed by atoms with van der Waals surface area (Å²) < 4.78 is 5.40. The van der Waals surface area contributed by atoms with Crippen LogP contribution in [0.25, 0.3) is 11.4 Å². The van der Waals surface area contributed by atoms with E-state index in [1.807, 2.05) is 30.3 Å². The minimum atomic E-state index is 0.261. The topological polar surface area (TPSA) is 71.3 Å². The predicted octanol–water partition coefficient (Wildman–Crippen LogP) is 3.83. The highest BCUT2D eigenvalue weighted by atomic mass is 16.5. The molecular weight excluding hydrogens is 364 g/mol. The summed E-state index contributed by atoms with van der Waals surface area (Å²) in [6.07, 6.45) is 9.78. The molecule has 29 heavy (non-hydrogen) atoms. The molecule has 1 saturated carbocycles. The molecule has 0 radical (unpaired) electrons. The molecule has 2 aromatic rings. The Balaban J connectivity index is 1.14. The third-order valence-corrected chi connectivity index (χ3v) is 6.27. The van der Waals surface area contributed by atoms with Crippen LogP contribution in [0.2, 0.25) is 0 Å². The molecule has 2 aliphatic rings. The van der Waals surface area contributed by atoms with Crippen molar-refractivity contribution < 1.29 is 9.32 Å². The Bertz CT molecular complexity index is 762. The van der Waals surface area contributed by atoms with Crippen molar-refractivity contribution in [2.24, 2.45) is 5.92 Å². The fraction of sp³-hybridized carbons (Fsp3) is 0.609. The number of aryl methyl sites for hydroxylation is 1. The zero-order chi connectivity index (χ0) is 19.9. The molecule has 0 unspecified atom stereocenters. The van der Waals surface area contributed by atoms with Crippen molar-refractivity contribution in [3.63, 3.8) is 0 Å². The summed E-state index contributed by atoms with van der Waals surface area (Å²) in [5.74, 6) is 1.93. The van der Waals surface area contributed by atoms with Gasteiger partial charge in [-0.15, -0.1) is 0 Å². The van der Waals surface area contributed by atoms with Crippen molar-refractivity contribution >= 4 is 5.91 Å². The molecule has 6 heteroatoms.